The molecule has 0 atom stereocenters. The van der Waals surface area contributed by atoms with Gasteiger partial charge in [-0.05, 0) is 37.6 Å². The summed E-state index contributed by atoms with van der Waals surface area (Å²) in [5.74, 6) is -0.180. The highest BCUT2D eigenvalue weighted by Gasteiger charge is 2.36. The van der Waals surface area contributed by atoms with E-state index >= 15 is 0 Å². The van der Waals surface area contributed by atoms with Gasteiger partial charge in [0.15, 0.2) is 0 Å². The Morgan fingerprint density at radius 1 is 1.48 bits per heavy atom. The molecule has 6 heteroatoms. The lowest BCUT2D eigenvalue weighted by Gasteiger charge is -2.39. The van der Waals surface area contributed by atoms with Gasteiger partial charge < -0.3 is 15.3 Å². The number of hydrogen-bond donors (Lipinski definition) is 3. The van der Waals surface area contributed by atoms with Gasteiger partial charge in [-0.1, -0.05) is 0 Å². The molecule has 1 fully saturated rings. The molecule has 3 N–H and O–H groups in total. The van der Waals surface area contributed by atoms with E-state index in [1.165, 1.54) is 5.56 Å². The number of carbonyl (C=O) groups excluding carboxylic acids is 1. The first kappa shape index (κ1) is 12.8. The smallest absolute Gasteiger partial charge is 0.270 e. The Morgan fingerprint density at radius 3 is 2.95 bits per heavy atom. The van der Waals surface area contributed by atoms with Crippen LogP contribution in [0.4, 0.5) is 0 Å². The zero-order valence-corrected chi connectivity index (χ0v) is 11.9. The lowest BCUT2D eigenvalue weighted by Crippen LogP contribution is -2.57. The van der Waals surface area contributed by atoms with Crippen LogP contribution in [-0.4, -0.2) is 58.4 Å². The number of hydrogen-bond acceptors (Lipinski definition) is 4. The molecule has 6 nitrogen and oxygen atoms in total. The number of carbonyl (C=O) groups is 1. The predicted octanol–water partition coefficient (Wildman–Crippen LogP) is 0.730. The number of aliphatic hydroxyl groups is 1. The second kappa shape index (κ2) is 4.29. The number of aliphatic hydroxyl groups excluding tert-OH is 1. The highest BCUT2D eigenvalue weighted by Crippen LogP contribution is 2.43. The van der Waals surface area contributed by atoms with E-state index in [0.717, 1.165) is 42.4 Å². The fourth-order valence-electron chi connectivity index (χ4n) is 3.14. The van der Waals surface area contributed by atoms with E-state index in [-0.39, 0.29) is 12.5 Å². The number of fused-ring (bicyclic) bond motifs is 3. The maximum atomic E-state index is 12.5. The highest BCUT2D eigenvalue weighted by molar-refractivity contribution is 6.15. The Labute approximate surface area is 122 Å². The number of likely N-dealkylation sites (tertiary alicyclic amines) is 1. The van der Waals surface area contributed by atoms with Crippen LogP contribution in [0.15, 0.2) is 12.1 Å². The molecule has 2 heterocycles. The van der Waals surface area contributed by atoms with Gasteiger partial charge in [-0.25, -0.2) is 0 Å². The minimum Gasteiger partial charge on any atom is -0.394 e. The summed E-state index contributed by atoms with van der Waals surface area (Å²) in [6.07, 6.45) is 1.52. The molecule has 0 spiro atoms. The van der Waals surface area contributed by atoms with Crippen LogP contribution in [0, 0.1) is 0 Å². The van der Waals surface area contributed by atoms with E-state index in [2.05, 4.69) is 33.5 Å². The molecule has 1 aromatic heterocycles. The highest BCUT2D eigenvalue weighted by atomic mass is 16.3. The van der Waals surface area contributed by atoms with Crippen LogP contribution in [-0.2, 0) is 0 Å². The fourth-order valence-corrected chi connectivity index (χ4v) is 3.14. The summed E-state index contributed by atoms with van der Waals surface area (Å²) in [5, 5.41) is 20.7. The van der Waals surface area contributed by atoms with Gasteiger partial charge in [-0.3, -0.25) is 9.89 Å². The van der Waals surface area contributed by atoms with Gasteiger partial charge in [0.1, 0.15) is 11.2 Å². The van der Waals surface area contributed by atoms with Crippen molar-refractivity contribution in [2.24, 2.45) is 0 Å². The van der Waals surface area contributed by atoms with Crippen molar-refractivity contribution < 1.29 is 9.90 Å². The number of nitrogens with zero attached hydrogens (tertiary/aromatic N) is 2. The predicted molar refractivity (Wildman–Crippen MR) is 79.1 cm³/mol. The Hall–Kier alpha value is -1.92. The summed E-state index contributed by atoms with van der Waals surface area (Å²) in [4.78, 5) is 14.8. The third-order valence-corrected chi connectivity index (χ3v) is 4.74. The van der Waals surface area contributed by atoms with Gasteiger partial charge in [0.05, 0.1) is 12.1 Å². The van der Waals surface area contributed by atoms with Crippen molar-refractivity contribution in [2.75, 3.05) is 26.7 Å². The molecule has 1 aliphatic heterocycles. The molecule has 0 bridgehead atoms. The second-order valence-corrected chi connectivity index (χ2v) is 6.21. The number of nitrogens with one attached hydrogen (secondary N) is 2. The Balaban J connectivity index is 1.58. The van der Waals surface area contributed by atoms with Gasteiger partial charge in [0.25, 0.3) is 5.91 Å². The number of piperidine rings is 1. The first-order chi connectivity index (χ1) is 10.1. The average Bonchev–Trinajstić information content (AvgIpc) is 2.96. The summed E-state index contributed by atoms with van der Waals surface area (Å²) in [7, 11) is 2.05. The summed E-state index contributed by atoms with van der Waals surface area (Å²) in [6, 6.07) is 4.04. The summed E-state index contributed by atoms with van der Waals surface area (Å²) < 4.78 is 0. The van der Waals surface area contributed by atoms with Crippen molar-refractivity contribution >= 4 is 16.8 Å². The molecule has 1 aromatic rings. The topological polar surface area (TPSA) is 81.2 Å². The molecular formula is C15H18N4O2. The molecule has 1 amide bonds. The van der Waals surface area contributed by atoms with Crippen LogP contribution in [0.1, 0.15) is 23.3 Å². The Kier molecular flexibility index (Phi) is 2.61. The molecule has 1 saturated heterocycles. The van der Waals surface area contributed by atoms with Crippen LogP contribution in [0.5, 0.6) is 0 Å². The minimum atomic E-state index is -0.518. The van der Waals surface area contributed by atoms with E-state index < -0.39 is 5.54 Å². The number of benzene rings is 1. The number of rotatable bonds is 3. The molecule has 3 aliphatic rings. The van der Waals surface area contributed by atoms with Gasteiger partial charge in [0.2, 0.25) is 0 Å². The van der Waals surface area contributed by atoms with E-state index in [4.69, 9.17) is 0 Å². The standard InChI is InChI=1S/C15H18N4O2/c1-19-4-2-15(8-20,3-5-19)16-14(21)13-11-7-9-6-10(9)12(11)17-18-13/h6-7,20H,2-5,8H2,1H3,(H,16,21)(H,17,18). The Morgan fingerprint density at radius 2 is 2.24 bits per heavy atom. The maximum absolute atomic E-state index is 12.5. The third kappa shape index (κ3) is 1.94. The zero-order valence-electron chi connectivity index (χ0n) is 11.9. The minimum absolute atomic E-state index is 0.0326. The summed E-state index contributed by atoms with van der Waals surface area (Å²) >= 11 is 0. The van der Waals surface area contributed by atoms with Crippen molar-refractivity contribution in [3.8, 4) is 11.1 Å². The lowest BCUT2D eigenvalue weighted by atomic mass is 9.88. The molecule has 2 aliphatic carbocycles. The molecule has 0 aromatic carbocycles. The van der Waals surface area contributed by atoms with Gasteiger partial charge >= 0.3 is 0 Å². The molecule has 0 radical (unpaired) electrons. The van der Waals surface area contributed by atoms with Crippen molar-refractivity contribution in [1.29, 1.82) is 0 Å². The van der Waals surface area contributed by atoms with Gasteiger partial charge in [-0.15, -0.1) is 0 Å². The second-order valence-electron chi connectivity index (χ2n) is 6.21. The van der Waals surface area contributed by atoms with E-state index in [9.17, 15) is 9.90 Å². The molecular weight excluding hydrogens is 268 g/mol. The average molecular weight is 286 g/mol. The number of aromatic amines is 1. The quantitative estimate of drug-likeness (QED) is 0.663. The van der Waals surface area contributed by atoms with E-state index in [0.29, 0.717) is 5.69 Å². The van der Waals surface area contributed by atoms with Crippen molar-refractivity contribution in [2.45, 2.75) is 18.4 Å². The molecule has 4 rings (SSSR count). The van der Waals surface area contributed by atoms with Crippen molar-refractivity contribution in [1.82, 2.24) is 20.4 Å². The lowest BCUT2D eigenvalue weighted by molar-refractivity contribution is 0.0660. The van der Waals surface area contributed by atoms with Crippen LogP contribution in [0.2, 0.25) is 0 Å². The summed E-state index contributed by atoms with van der Waals surface area (Å²) in [6.45, 7) is 1.72. The van der Waals surface area contributed by atoms with E-state index in [1.54, 1.807) is 0 Å². The van der Waals surface area contributed by atoms with Gasteiger partial charge in [0, 0.05) is 24.0 Å². The first-order valence-electron chi connectivity index (χ1n) is 7.26. The van der Waals surface area contributed by atoms with Crippen LogP contribution in [0.25, 0.3) is 22.0 Å². The normalized spacial score (nSPS) is 19.7. The SMILES string of the molecule is CN1CCC(CO)(NC(=O)c2[nH]nc3c4cc-4cc23)CC1. The van der Waals surface area contributed by atoms with Crippen LogP contribution in [0.3, 0.4) is 0 Å². The fraction of sp³-hybridized carbons (Fsp3) is 0.467. The Bertz CT molecular complexity index is 729. The molecule has 21 heavy (non-hydrogen) atoms. The zero-order chi connectivity index (χ0) is 14.6. The van der Waals surface area contributed by atoms with Crippen LogP contribution >= 0.6 is 0 Å². The van der Waals surface area contributed by atoms with Crippen molar-refractivity contribution in [3.05, 3.63) is 17.8 Å². The van der Waals surface area contributed by atoms with E-state index in [1.807, 2.05) is 6.07 Å². The van der Waals surface area contributed by atoms with Crippen molar-refractivity contribution in [3.63, 3.8) is 0 Å². The molecule has 110 valence electrons. The van der Waals surface area contributed by atoms with Gasteiger partial charge in [-0.2, -0.15) is 5.10 Å². The largest absolute Gasteiger partial charge is 0.394 e. The molecule has 0 saturated carbocycles. The first-order valence-corrected chi connectivity index (χ1v) is 7.26. The maximum Gasteiger partial charge on any atom is 0.270 e. The third-order valence-electron chi connectivity index (χ3n) is 4.74. The number of aromatic nitrogens is 2. The monoisotopic (exact) mass is 286 g/mol. The number of H-pyrrole nitrogens is 1. The summed E-state index contributed by atoms with van der Waals surface area (Å²) in [5.41, 5.74) is 3.16. The van der Waals surface area contributed by atoms with Crippen LogP contribution < -0.4 is 5.32 Å². The number of amides is 1. The molecule has 0 unspecified atom stereocenters.